The molecule has 3 atom stereocenters. The van der Waals surface area contributed by atoms with Gasteiger partial charge in [-0.25, -0.2) is 4.79 Å². The van der Waals surface area contributed by atoms with Crippen molar-refractivity contribution in [2.24, 2.45) is 11.8 Å². The van der Waals surface area contributed by atoms with E-state index < -0.39 is 18.1 Å². The summed E-state index contributed by atoms with van der Waals surface area (Å²) in [5, 5.41) is 17.6. The van der Waals surface area contributed by atoms with Gasteiger partial charge in [0.15, 0.2) is 5.78 Å². The van der Waals surface area contributed by atoms with Crippen LogP contribution in [0.4, 0.5) is 4.79 Å². The molecule has 1 N–H and O–H groups in total. The molecule has 0 aromatic carbocycles. The van der Waals surface area contributed by atoms with Crippen molar-refractivity contribution in [3.8, 4) is 6.07 Å². The van der Waals surface area contributed by atoms with Crippen molar-refractivity contribution in [1.82, 2.24) is 4.90 Å². The van der Waals surface area contributed by atoms with E-state index >= 15 is 0 Å². The Morgan fingerprint density at radius 2 is 2.21 bits per heavy atom. The highest BCUT2D eigenvalue weighted by atomic mass is 16.4. The van der Waals surface area contributed by atoms with Crippen molar-refractivity contribution >= 4 is 11.9 Å². The number of hydrogen-bond donors (Lipinski definition) is 1. The Balaban J connectivity index is 2.93. The number of carboxylic acid groups (broad SMARTS) is 1. The van der Waals surface area contributed by atoms with Crippen LogP contribution in [-0.4, -0.2) is 34.5 Å². The van der Waals surface area contributed by atoms with Gasteiger partial charge in [-0.2, -0.15) is 5.26 Å². The predicted octanol–water partition coefficient (Wildman–Crippen LogP) is 0.713. The number of carbonyl (C=O) groups excluding carboxylic acids is 1. The molecule has 0 aromatic rings. The van der Waals surface area contributed by atoms with E-state index in [2.05, 4.69) is 0 Å². The number of piperidine rings is 1. The molecule has 1 heterocycles. The third-order valence-electron chi connectivity index (χ3n) is 2.62. The summed E-state index contributed by atoms with van der Waals surface area (Å²) >= 11 is 0. The number of ketones is 1. The lowest BCUT2D eigenvalue weighted by Gasteiger charge is -2.36. The van der Waals surface area contributed by atoms with Crippen LogP contribution in [0.25, 0.3) is 0 Å². The third kappa shape index (κ3) is 1.55. The summed E-state index contributed by atoms with van der Waals surface area (Å²) in [6.45, 7) is 3.42. The molecule has 0 saturated carbocycles. The molecule has 0 bridgehead atoms. The van der Waals surface area contributed by atoms with Crippen LogP contribution in [0.3, 0.4) is 0 Å². The third-order valence-corrected chi connectivity index (χ3v) is 2.62. The molecule has 1 aliphatic heterocycles. The first-order valence-corrected chi connectivity index (χ1v) is 4.42. The fourth-order valence-electron chi connectivity index (χ4n) is 1.70. The molecule has 14 heavy (non-hydrogen) atoms. The number of rotatable bonds is 0. The van der Waals surface area contributed by atoms with E-state index in [0.29, 0.717) is 0 Å². The minimum atomic E-state index is -1.07. The fourth-order valence-corrected chi connectivity index (χ4v) is 1.70. The second-order valence-corrected chi connectivity index (χ2v) is 3.59. The van der Waals surface area contributed by atoms with Crippen molar-refractivity contribution in [3.63, 3.8) is 0 Å². The van der Waals surface area contributed by atoms with E-state index in [0.717, 1.165) is 4.90 Å². The second-order valence-electron chi connectivity index (χ2n) is 3.59. The van der Waals surface area contributed by atoms with Crippen molar-refractivity contribution in [3.05, 3.63) is 0 Å². The lowest BCUT2D eigenvalue weighted by molar-refractivity contribution is -0.129. The van der Waals surface area contributed by atoms with Crippen molar-refractivity contribution in [1.29, 1.82) is 5.26 Å². The van der Waals surface area contributed by atoms with Gasteiger partial charge in [-0.3, -0.25) is 4.79 Å². The van der Waals surface area contributed by atoms with Gasteiger partial charge >= 0.3 is 6.09 Å². The molecule has 0 radical (unpaired) electrons. The minimum Gasteiger partial charge on any atom is -0.465 e. The lowest BCUT2D eigenvalue weighted by atomic mass is 9.84. The lowest BCUT2D eigenvalue weighted by Crippen LogP contribution is -2.53. The van der Waals surface area contributed by atoms with Crippen LogP contribution in [-0.2, 0) is 4.79 Å². The average molecular weight is 196 g/mol. The first-order chi connectivity index (χ1) is 6.49. The monoisotopic (exact) mass is 196 g/mol. The van der Waals surface area contributed by atoms with E-state index in [1.165, 1.54) is 0 Å². The number of nitriles is 1. The van der Waals surface area contributed by atoms with E-state index in [1.807, 2.05) is 6.07 Å². The molecule has 1 amide bonds. The van der Waals surface area contributed by atoms with E-state index in [1.54, 1.807) is 13.8 Å². The van der Waals surface area contributed by atoms with Gasteiger partial charge in [0, 0.05) is 12.5 Å². The van der Waals surface area contributed by atoms with Gasteiger partial charge < -0.3 is 10.0 Å². The maximum absolute atomic E-state index is 11.5. The summed E-state index contributed by atoms with van der Waals surface area (Å²) in [5.41, 5.74) is 0. The van der Waals surface area contributed by atoms with E-state index in [9.17, 15) is 9.59 Å². The maximum atomic E-state index is 11.5. The molecule has 1 rings (SSSR count). The Morgan fingerprint density at radius 3 is 2.64 bits per heavy atom. The van der Waals surface area contributed by atoms with E-state index in [-0.39, 0.29) is 18.2 Å². The highest BCUT2D eigenvalue weighted by Crippen LogP contribution is 2.23. The number of likely N-dealkylation sites (tertiary alicyclic amines) is 1. The molecule has 5 nitrogen and oxygen atoms in total. The van der Waals surface area contributed by atoms with Crippen molar-refractivity contribution in [2.75, 3.05) is 6.54 Å². The molecule has 5 heteroatoms. The highest BCUT2D eigenvalue weighted by molar-refractivity contribution is 5.88. The number of carbonyl (C=O) groups is 2. The van der Waals surface area contributed by atoms with Crippen LogP contribution in [0.2, 0.25) is 0 Å². The summed E-state index contributed by atoms with van der Waals surface area (Å²) in [6, 6.07) is 1.32. The molecule has 1 fully saturated rings. The molecule has 0 spiro atoms. The summed E-state index contributed by atoms with van der Waals surface area (Å²) in [4.78, 5) is 23.4. The Bertz CT molecular complexity index is 308. The van der Waals surface area contributed by atoms with Gasteiger partial charge in [-0.15, -0.1) is 0 Å². The van der Waals surface area contributed by atoms with E-state index in [4.69, 9.17) is 10.4 Å². The second kappa shape index (κ2) is 3.66. The van der Waals surface area contributed by atoms with Gasteiger partial charge in [0.2, 0.25) is 0 Å². The minimum absolute atomic E-state index is 0.155. The SMILES string of the molecule is CC1CN(C(=O)O)C(C)C(C#N)C1=O. The maximum Gasteiger partial charge on any atom is 0.407 e. The summed E-state index contributed by atoms with van der Waals surface area (Å²) < 4.78 is 0. The number of hydrogen-bond acceptors (Lipinski definition) is 3. The average Bonchev–Trinajstić information content (AvgIpc) is 2.12. The standard InChI is InChI=1S/C9H12N2O3/c1-5-4-11(9(13)14)6(2)7(3-10)8(5)12/h5-7H,4H2,1-2H3,(H,13,14). The molecule has 76 valence electrons. The number of nitrogens with zero attached hydrogens (tertiary/aromatic N) is 2. The van der Waals surface area contributed by atoms with Crippen molar-refractivity contribution in [2.45, 2.75) is 19.9 Å². The Labute approximate surface area is 81.9 Å². The smallest absolute Gasteiger partial charge is 0.407 e. The van der Waals surface area contributed by atoms with Crippen molar-refractivity contribution < 1.29 is 14.7 Å². The molecule has 0 aromatic heterocycles. The van der Waals surface area contributed by atoms with Crippen LogP contribution in [0, 0.1) is 23.2 Å². The summed E-state index contributed by atoms with van der Waals surface area (Å²) in [6.07, 6.45) is -1.07. The van der Waals surface area contributed by atoms with Gasteiger partial charge in [-0.1, -0.05) is 6.92 Å². The number of amides is 1. The first-order valence-electron chi connectivity index (χ1n) is 4.42. The largest absolute Gasteiger partial charge is 0.465 e. The highest BCUT2D eigenvalue weighted by Gasteiger charge is 2.40. The normalized spacial score (nSPS) is 32.5. The van der Waals surface area contributed by atoms with Crippen LogP contribution in [0.1, 0.15) is 13.8 Å². The van der Waals surface area contributed by atoms with Crippen LogP contribution >= 0.6 is 0 Å². The molecular weight excluding hydrogens is 184 g/mol. The zero-order valence-electron chi connectivity index (χ0n) is 8.10. The Morgan fingerprint density at radius 1 is 1.64 bits per heavy atom. The topological polar surface area (TPSA) is 81.4 Å². The molecule has 1 saturated heterocycles. The van der Waals surface area contributed by atoms with Crippen LogP contribution in [0.5, 0.6) is 0 Å². The van der Waals surface area contributed by atoms with Gasteiger partial charge in [0.25, 0.3) is 0 Å². The zero-order valence-corrected chi connectivity index (χ0v) is 8.10. The quantitative estimate of drug-likeness (QED) is 0.618. The first kappa shape index (κ1) is 10.5. The number of Topliss-reactive ketones (excluding diaryl/α,β-unsaturated/α-hetero) is 1. The Kier molecular flexibility index (Phi) is 2.75. The van der Waals surface area contributed by atoms with Crippen LogP contribution in [0.15, 0.2) is 0 Å². The molecule has 3 unspecified atom stereocenters. The fraction of sp³-hybridized carbons (Fsp3) is 0.667. The predicted molar refractivity (Wildman–Crippen MR) is 47.5 cm³/mol. The molecule has 1 aliphatic rings. The van der Waals surface area contributed by atoms with Crippen LogP contribution < -0.4 is 0 Å². The molecular formula is C9H12N2O3. The zero-order chi connectivity index (χ0) is 10.9. The molecule has 0 aliphatic carbocycles. The summed E-state index contributed by atoms with van der Waals surface area (Å²) in [7, 11) is 0. The van der Waals surface area contributed by atoms with Gasteiger partial charge in [0.05, 0.1) is 12.1 Å². The van der Waals surface area contributed by atoms with Gasteiger partial charge in [0.1, 0.15) is 5.92 Å². The Hall–Kier alpha value is -1.57. The van der Waals surface area contributed by atoms with Gasteiger partial charge in [-0.05, 0) is 6.92 Å². The summed E-state index contributed by atoms with van der Waals surface area (Å²) in [5.74, 6) is -1.36.